The number of phenolic OH excluding ortho intramolecular Hbond substituents is 1. The van der Waals surface area contributed by atoms with E-state index in [0.717, 1.165) is 18.9 Å². The van der Waals surface area contributed by atoms with Gasteiger partial charge in [-0.2, -0.15) is 4.98 Å². The second-order valence-corrected chi connectivity index (χ2v) is 4.02. The lowest BCUT2D eigenvalue weighted by molar-refractivity contribution is 0.348. The molecule has 0 unspecified atom stereocenters. The van der Waals surface area contributed by atoms with Gasteiger partial charge in [-0.15, -0.1) is 0 Å². The lowest BCUT2D eigenvalue weighted by Gasteiger charge is -2.02. The van der Waals surface area contributed by atoms with Gasteiger partial charge in [-0.25, -0.2) is 4.39 Å². The molecule has 0 spiro atoms. The van der Waals surface area contributed by atoms with Crippen LogP contribution in [0.5, 0.6) is 5.75 Å². The van der Waals surface area contributed by atoms with E-state index in [9.17, 15) is 4.39 Å². The van der Waals surface area contributed by atoms with Crippen molar-refractivity contribution in [2.75, 3.05) is 0 Å². The first-order valence-electron chi connectivity index (χ1n) is 5.70. The molecule has 1 atom stereocenters. The van der Waals surface area contributed by atoms with Gasteiger partial charge in [0.1, 0.15) is 0 Å². The predicted octanol–water partition coefficient (Wildman–Crippen LogP) is 2.38. The number of aromatic nitrogens is 2. The van der Waals surface area contributed by atoms with E-state index in [1.807, 2.05) is 6.92 Å². The Labute approximate surface area is 103 Å². The van der Waals surface area contributed by atoms with Crippen molar-refractivity contribution in [3.05, 3.63) is 29.9 Å². The number of hydrogen-bond donors (Lipinski definition) is 2. The van der Waals surface area contributed by atoms with Gasteiger partial charge in [0.15, 0.2) is 11.6 Å². The second kappa shape index (κ2) is 5.14. The number of phenols is 1. The number of aromatic hydroxyl groups is 1. The van der Waals surface area contributed by atoms with Crippen LogP contribution in [0.2, 0.25) is 0 Å². The van der Waals surface area contributed by atoms with Crippen LogP contribution in [0.25, 0.3) is 11.4 Å². The van der Waals surface area contributed by atoms with E-state index in [1.54, 1.807) is 0 Å². The average Bonchev–Trinajstić information content (AvgIpc) is 2.82. The van der Waals surface area contributed by atoms with Crippen LogP contribution in [0.15, 0.2) is 22.7 Å². The van der Waals surface area contributed by atoms with Gasteiger partial charge in [0.25, 0.3) is 0 Å². The molecule has 0 amide bonds. The number of nitrogens with zero attached hydrogens (tertiary/aromatic N) is 2. The van der Waals surface area contributed by atoms with Crippen molar-refractivity contribution in [3.63, 3.8) is 0 Å². The quantitative estimate of drug-likeness (QED) is 0.871. The predicted molar refractivity (Wildman–Crippen MR) is 63.2 cm³/mol. The Balaban J connectivity index is 2.26. The first-order chi connectivity index (χ1) is 8.61. The monoisotopic (exact) mass is 251 g/mol. The van der Waals surface area contributed by atoms with E-state index in [0.29, 0.717) is 11.5 Å². The molecular weight excluding hydrogens is 237 g/mol. The molecular formula is C12H14FN3O2. The molecule has 3 N–H and O–H groups in total. The summed E-state index contributed by atoms with van der Waals surface area (Å²) in [4.78, 5) is 4.12. The van der Waals surface area contributed by atoms with E-state index in [2.05, 4.69) is 10.1 Å². The Kier molecular flexibility index (Phi) is 3.57. The van der Waals surface area contributed by atoms with Crippen LogP contribution in [-0.4, -0.2) is 15.2 Å². The zero-order valence-corrected chi connectivity index (χ0v) is 9.93. The fraction of sp³-hybridized carbons (Fsp3) is 0.333. The van der Waals surface area contributed by atoms with Crippen LogP contribution in [0, 0.1) is 5.82 Å². The zero-order valence-electron chi connectivity index (χ0n) is 9.93. The van der Waals surface area contributed by atoms with Gasteiger partial charge >= 0.3 is 0 Å². The Morgan fingerprint density at radius 2 is 2.28 bits per heavy atom. The first kappa shape index (κ1) is 12.5. The summed E-state index contributed by atoms with van der Waals surface area (Å²) in [5.41, 5.74) is 6.27. The Bertz CT molecular complexity index is 542. The van der Waals surface area contributed by atoms with Gasteiger partial charge in [-0.3, -0.25) is 0 Å². The topological polar surface area (TPSA) is 85.2 Å². The zero-order chi connectivity index (χ0) is 13.1. The molecule has 6 heteroatoms. The van der Waals surface area contributed by atoms with Gasteiger partial charge in [0.05, 0.1) is 6.04 Å². The summed E-state index contributed by atoms with van der Waals surface area (Å²) in [5, 5.41) is 12.8. The standard InChI is InChI=1S/C12H14FN3O2/c1-2-3-9(14)12-15-11(16-18-12)7-4-5-10(17)8(13)6-7/h4-6,9,17H,2-3,14H2,1H3/t9-/m1/s1. The summed E-state index contributed by atoms with van der Waals surface area (Å²) in [6.45, 7) is 2.01. The van der Waals surface area contributed by atoms with E-state index >= 15 is 0 Å². The van der Waals surface area contributed by atoms with Crippen LogP contribution >= 0.6 is 0 Å². The second-order valence-electron chi connectivity index (χ2n) is 4.02. The molecule has 96 valence electrons. The largest absolute Gasteiger partial charge is 0.505 e. The highest BCUT2D eigenvalue weighted by Crippen LogP contribution is 2.24. The molecule has 1 heterocycles. The SMILES string of the molecule is CCC[C@@H](N)c1nc(-c2ccc(O)c(F)c2)no1. The van der Waals surface area contributed by atoms with E-state index in [4.69, 9.17) is 15.4 Å². The highest BCUT2D eigenvalue weighted by Gasteiger charge is 2.15. The van der Waals surface area contributed by atoms with Crippen molar-refractivity contribution in [2.24, 2.45) is 5.73 Å². The summed E-state index contributed by atoms with van der Waals surface area (Å²) in [6.07, 6.45) is 1.65. The third kappa shape index (κ3) is 2.48. The summed E-state index contributed by atoms with van der Waals surface area (Å²) >= 11 is 0. The number of benzene rings is 1. The Hall–Kier alpha value is -1.95. The molecule has 2 rings (SSSR count). The highest BCUT2D eigenvalue weighted by molar-refractivity contribution is 5.55. The highest BCUT2D eigenvalue weighted by atomic mass is 19.1. The number of rotatable bonds is 4. The van der Waals surface area contributed by atoms with Gasteiger partial charge in [0.2, 0.25) is 11.7 Å². The molecule has 0 aliphatic carbocycles. The van der Waals surface area contributed by atoms with Crippen LogP contribution in [0.4, 0.5) is 4.39 Å². The fourth-order valence-corrected chi connectivity index (χ4v) is 1.58. The average molecular weight is 251 g/mol. The first-order valence-corrected chi connectivity index (χ1v) is 5.70. The minimum absolute atomic E-state index is 0.260. The van der Waals surface area contributed by atoms with Crippen molar-refractivity contribution in [3.8, 4) is 17.1 Å². The molecule has 1 aromatic carbocycles. The maximum Gasteiger partial charge on any atom is 0.243 e. The molecule has 2 aromatic rings. The Morgan fingerprint density at radius 1 is 1.50 bits per heavy atom. The van der Waals surface area contributed by atoms with E-state index in [-0.39, 0.29) is 11.9 Å². The van der Waals surface area contributed by atoms with Crippen LogP contribution in [0.1, 0.15) is 31.7 Å². The molecule has 5 nitrogen and oxygen atoms in total. The molecule has 1 aromatic heterocycles. The third-order valence-electron chi connectivity index (χ3n) is 2.56. The summed E-state index contributed by atoms with van der Waals surface area (Å²) in [7, 11) is 0. The molecule has 0 fully saturated rings. The minimum atomic E-state index is -0.725. The molecule has 0 aliphatic heterocycles. The Morgan fingerprint density at radius 3 is 2.94 bits per heavy atom. The normalized spacial score (nSPS) is 12.6. The van der Waals surface area contributed by atoms with Gasteiger partial charge in [-0.05, 0) is 24.6 Å². The smallest absolute Gasteiger partial charge is 0.243 e. The van der Waals surface area contributed by atoms with Crippen molar-refractivity contribution in [1.29, 1.82) is 0 Å². The molecule has 0 saturated carbocycles. The fourth-order valence-electron chi connectivity index (χ4n) is 1.58. The van der Waals surface area contributed by atoms with Gasteiger partial charge in [-0.1, -0.05) is 18.5 Å². The van der Waals surface area contributed by atoms with Crippen LogP contribution in [-0.2, 0) is 0 Å². The summed E-state index contributed by atoms with van der Waals surface area (Å²) < 4.78 is 18.2. The molecule has 18 heavy (non-hydrogen) atoms. The van der Waals surface area contributed by atoms with Crippen LogP contribution in [0.3, 0.4) is 0 Å². The third-order valence-corrected chi connectivity index (χ3v) is 2.56. The number of halogens is 1. The van der Waals surface area contributed by atoms with Crippen molar-refractivity contribution in [2.45, 2.75) is 25.8 Å². The van der Waals surface area contributed by atoms with Gasteiger partial charge < -0.3 is 15.4 Å². The summed E-state index contributed by atoms with van der Waals surface area (Å²) in [6, 6.07) is 3.60. The molecule has 0 aliphatic rings. The lowest BCUT2D eigenvalue weighted by Crippen LogP contribution is -2.09. The lowest BCUT2D eigenvalue weighted by atomic mass is 10.2. The van der Waals surface area contributed by atoms with E-state index in [1.165, 1.54) is 12.1 Å². The maximum atomic E-state index is 13.2. The van der Waals surface area contributed by atoms with Gasteiger partial charge in [0, 0.05) is 5.56 Å². The number of nitrogens with two attached hydrogens (primary N) is 1. The molecule has 0 radical (unpaired) electrons. The van der Waals surface area contributed by atoms with Crippen molar-refractivity contribution >= 4 is 0 Å². The molecule has 0 bridgehead atoms. The van der Waals surface area contributed by atoms with E-state index < -0.39 is 11.6 Å². The maximum absolute atomic E-state index is 13.2. The van der Waals surface area contributed by atoms with Crippen LogP contribution < -0.4 is 5.73 Å². The van der Waals surface area contributed by atoms with Crippen molar-refractivity contribution in [1.82, 2.24) is 10.1 Å². The minimum Gasteiger partial charge on any atom is -0.505 e. The number of hydrogen-bond acceptors (Lipinski definition) is 5. The molecule has 0 saturated heterocycles. The summed E-state index contributed by atoms with van der Waals surface area (Å²) in [5.74, 6) is -0.544. The van der Waals surface area contributed by atoms with Crippen molar-refractivity contribution < 1.29 is 14.0 Å².